The van der Waals surface area contributed by atoms with Crippen LogP contribution in [-0.4, -0.2) is 24.4 Å². The van der Waals surface area contributed by atoms with Crippen molar-refractivity contribution >= 4 is 40.1 Å². The van der Waals surface area contributed by atoms with Crippen LogP contribution in [0.3, 0.4) is 0 Å². The van der Waals surface area contributed by atoms with E-state index in [9.17, 15) is 9.59 Å². The van der Waals surface area contributed by atoms with Gasteiger partial charge in [-0.15, -0.1) is 0 Å². The number of quaternary nitrogens is 1. The zero-order chi connectivity index (χ0) is 15.5. The second-order valence-corrected chi connectivity index (χ2v) is 7.58. The van der Waals surface area contributed by atoms with Gasteiger partial charge >= 0.3 is 0 Å². The van der Waals surface area contributed by atoms with Gasteiger partial charge in [-0.25, -0.2) is 4.90 Å². The molecule has 2 aliphatic rings. The molecule has 0 radical (unpaired) electrons. The molecule has 118 valence electrons. The molecule has 1 saturated carbocycles. The molecule has 5 heteroatoms. The molecule has 1 aliphatic carbocycles. The molecule has 1 aliphatic heterocycles. The average molecular weight is 413 g/mol. The van der Waals surface area contributed by atoms with Crippen LogP contribution in [0.15, 0.2) is 24.3 Å². The van der Waals surface area contributed by atoms with Crippen LogP contribution in [0.1, 0.15) is 38.5 Å². The van der Waals surface area contributed by atoms with Crippen molar-refractivity contribution < 1.29 is 14.9 Å². The van der Waals surface area contributed by atoms with Crippen molar-refractivity contribution in [3.63, 3.8) is 0 Å². The topological polar surface area (TPSA) is 54.0 Å². The summed E-state index contributed by atoms with van der Waals surface area (Å²) in [4.78, 5) is 26.1. The van der Waals surface area contributed by atoms with Gasteiger partial charge in [0.2, 0.25) is 5.91 Å². The zero-order valence-corrected chi connectivity index (χ0v) is 14.8. The normalized spacial score (nSPS) is 23.3. The highest BCUT2D eigenvalue weighted by Crippen LogP contribution is 2.24. The average Bonchev–Trinajstić information content (AvgIpc) is 2.82. The molecular formula is C17H22IN2O2+. The summed E-state index contributed by atoms with van der Waals surface area (Å²) in [6, 6.07) is 7.32. The number of hydrogen-bond donors (Lipinski definition) is 1. The van der Waals surface area contributed by atoms with Crippen LogP contribution in [0.4, 0.5) is 5.69 Å². The molecule has 0 spiro atoms. The summed E-state index contributed by atoms with van der Waals surface area (Å²) >= 11 is 2.22. The number of nitrogens with two attached hydrogens (primary N) is 1. The third-order valence-electron chi connectivity index (χ3n) is 4.75. The highest BCUT2D eigenvalue weighted by molar-refractivity contribution is 14.1. The Morgan fingerprint density at radius 3 is 2.45 bits per heavy atom. The Hall–Kier alpha value is -0.950. The first kappa shape index (κ1) is 15.9. The lowest BCUT2D eigenvalue weighted by Gasteiger charge is -2.21. The standard InChI is InChI=1S/C17H21IN2O2/c18-13-6-8-14(9-7-13)20-16(21)10-15(17(20)22)19-11-12-4-2-1-3-5-12/h6-9,12,15,19H,1-5,10-11H2/p+1/t15-/m0/s1. The van der Waals surface area contributed by atoms with E-state index in [4.69, 9.17) is 0 Å². The summed E-state index contributed by atoms with van der Waals surface area (Å²) in [5.74, 6) is 0.585. The smallest absolute Gasteiger partial charge is 0.292 e. The van der Waals surface area contributed by atoms with Crippen molar-refractivity contribution in [1.29, 1.82) is 0 Å². The molecule has 22 heavy (non-hydrogen) atoms. The van der Waals surface area contributed by atoms with Crippen LogP contribution in [0.25, 0.3) is 0 Å². The van der Waals surface area contributed by atoms with Crippen molar-refractivity contribution in [3.05, 3.63) is 27.8 Å². The monoisotopic (exact) mass is 413 g/mol. The van der Waals surface area contributed by atoms with Crippen molar-refractivity contribution in [3.8, 4) is 0 Å². The number of benzene rings is 1. The Morgan fingerprint density at radius 1 is 1.09 bits per heavy atom. The van der Waals surface area contributed by atoms with Gasteiger partial charge in [0.25, 0.3) is 5.91 Å². The molecule has 1 heterocycles. The minimum atomic E-state index is -0.228. The Balaban J connectivity index is 1.62. The maximum absolute atomic E-state index is 12.5. The lowest BCUT2D eigenvalue weighted by Crippen LogP contribution is -2.92. The predicted molar refractivity (Wildman–Crippen MR) is 93.4 cm³/mol. The van der Waals surface area contributed by atoms with Crippen LogP contribution < -0.4 is 10.2 Å². The van der Waals surface area contributed by atoms with E-state index < -0.39 is 0 Å². The third-order valence-corrected chi connectivity index (χ3v) is 5.46. The van der Waals surface area contributed by atoms with E-state index in [-0.39, 0.29) is 17.9 Å². The summed E-state index contributed by atoms with van der Waals surface area (Å²) in [5.41, 5.74) is 0.698. The number of hydrogen-bond acceptors (Lipinski definition) is 2. The number of anilines is 1. The van der Waals surface area contributed by atoms with Gasteiger partial charge in [-0.05, 0) is 59.7 Å². The molecule has 4 nitrogen and oxygen atoms in total. The SMILES string of the molecule is O=C1C[C@H]([NH2+]CC2CCCCC2)C(=O)N1c1ccc(I)cc1. The van der Waals surface area contributed by atoms with Crippen LogP contribution >= 0.6 is 22.6 Å². The lowest BCUT2D eigenvalue weighted by atomic mass is 9.89. The first-order valence-corrected chi connectivity index (χ1v) is 9.18. The van der Waals surface area contributed by atoms with E-state index >= 15 is 0 Å². The number of imide groups is 1. The number of carbonyl (C=O) groups excluding carboxylic acids is 2. The maximum atomic E-state index is 12.5. The van der Waals surface area contributed by atoms with Crippen LogP contribution in [0.5, 0.6) is 0 Å². The quantitative estimate of drug-likeness (QED) is 0.607. The second-order valence-electron chi connectivity index (χ2n) is 6.33. The predicted octanol–water partition coefficient (Wildman–Crippen LogP) is 2.07. The number of rotatable bonds is 4. The molecule has 3 rings (SSSR count). The molecule has 0 bridgehead atoms. The van der Waals surface area contributed by atoms with Gasteiger partial charge in [0.15, 0.2) is 6.04 Å². The van der Waals surface area contributed by atoms with Gasteiger partial charge in [0, 0.05) is 9.49 Å². The van der Waals surface area contributed by atoms with Gasteiger partial charge in [0.05, 0.1) is 18.7 Å². The van der Waals surface area contributed by atoms with Gasteiger partial charge in [0.1, 0.15) is 0 Å². The Kier molecular flexibility index (Phi) is 5.13. The molecule has 1 atom stereocenters. The van der Waals surface area contributed by atoms with Crippen molar-refractivity contribution in [2.75, 3.05) is 11.4 Å². The number of halogens is 1. The molecule has 2 amide bonds. The zero-order valence-electron chi connectivity index (χ0n) is 12.6. The second kappa shape index (κ2) is 7.08. The summed E-state index contributed by atoms with van der Waals surface area (Å²) in [6.45, 7) is 0.976. The Bertz CT molecular complexity index is 552. The third kappa shape index (κ3) is 3.51. The van der Waals surface area contributed by atoms with E-state index in [0.29, 0.717) is 18.0 Å². The molecule has 2 N–H and O–H groups in total. The van der Waals surface area contributed by atoms with E-state index in [1.807, 2.05) is 24.3 Å². The highest BCUT2D eigenvalue weighted by atomic mass is 127. The molecule has 2 fully saturated rings. The minimum Gasteiger partial charge on any atom is -0.335 e. The minimum absolute atomic E-state index is 0.0537. The Morgan fingerprint density at radius 2 is 1.77 bits per heavy atom. The summed E-state index contributed by atoms with van der Waals surface area (Å²) in [7, 11) is 0. The van der Waals surface area contributed by atoms with Gasteiger partial charge in [-0.2, -0.15) is 0 Å². The van der Waals surface area contributed by atoms with Crippen LogP contribution in [-0.2, 0) is 9.59 Å². The van der Waals surface area contributed by atoms with Crippen molar-refractivity contribution in [1.82, 2.24) is 0 Å². The molecule has 0 unspecified atom stereocenters. The fourth-order valence-corrected chi connectivity index (χ4v) is 3.84. The molecule has 1 aromatic rings. The van der Waals surface area contributed by atoms with Gasteiger partial charge in [-0.1, -0.05) is 19.3 Å². The largest absolute Gasteiger partial charge is 0.335 e. The van der Waals surface area contributed by atoms with Crippen molar-refractivity contribution in [2.24, 2.45) is 5.92 Å². The molecule has 0 aromatic heterocycles. The highest BCUT2D eigenvalue weighted by Gasteiger charge is 2.42. The maximum Gasteiger partial charge on any atom is 0.292 e. The molecule has 1 saturated heterocycles. The summed E-state index contributed by atoms with van der Waals surface area (Å²) in [6.07, 6.45) is 6.84. The summed E-state index contributed by atoms with van der Waals surface area (Å²) in [5, 5.41) is 2.10. The first-order chi connectivity index (χ1) is 10.6. The first-order valence-electron chi connectivity index (χ1n) is 8.11. The number of carbonyl (C=O) groups is 2. The molecule has 1 aromatic carbocycles. The summed E-state index contributed by atoms with van der Waals surface area (Å²) < 4.78 is 1.10. The number of amides is 2. The fourth-order valence-electron chi connectivity index (χ4n) is 3.48. The van der Waals surface area contributed by atoms with E-state index in [1.54, 1.807) is 0 Å². The van der Waals surface area contributed by atoms with Crippen LogP contribution in [0.2, 0.25) is 0 Å². The molecular weight excluding hydrogens is 391 g/mol. The van der Waals surface area contributed by atoms with Crippen molar-refractivity contribution in [2.45, 2.75) is 44.6 Å². The fraction of sp³-hybridized carbons (Fsp3) is 0.529. The Labute approximate surface area is 144 Å². The van der Waals surface area contributed by atoms with Gasteiger partial charge < -0.3 is 5.32 Å². The van der Waals surface area contributed by atoms with E-state index in [0.717, 1.165) is 10.1 Å². The lowest BCUT2D eigenvalue weighted by molar-refractivity contribution is -0.680. The van der Waals surface area contributed by atoms with Gasteiger partial charge in [-0.3, -0.25) is 9.59 Å². The number of nitrogens with zero attached hydrogens (tertiary/aromatic N) is 1. The van der Waals surface area contributed by atoms with E-state index in [2.05, 4.69) is 27.9 Å². The van der Waals surface area contributed by atoms with E-state index in [1.165, 1.54) is 37.0 Å². The van der Waals surface area contributed by atoms with Crippen LogP contribution in [0, 0.1) is 9.49 Å².